The van der Waals surface area contributed by atoms with Crippen LogP contribution in [0.15, 0.2) is 25.3 Å². The summed E-state index contributed by atoms with van der Waals surface area (Å²) in [5, 5.41) is 37.4. The minimum Gasteiger partial charge on any atom is -0.394 e. The Morgan fingerprint density at radius 2 is 1.36 bits per heavy atom. The number of anilines is 2. The average Bonchev–Trinajstić information content (AvgIpc) is 3.75. The molecule has 19 nitrogen and oxygen atoms in total. The monoisotopic (exact) mass is 618 g/mol. The van der Waals surface area contributed by atoms with Crippen molar-refractivity contribution in [2.75, 3.05) is 24.4 Å². The van der Waals surface area contributed by atoms with Crippen LogP contribution in [0.25, 0.3) is 22.3 Å². The fraction of sp³-hybridized carbons (Fsp3) is 0.500. The molecule has 6 rings (SSSR count). The second-order valence-corrected chi connectivity index (χ2v) is 9.98. The maximum atomic E-state index is 14.0. The molecule has 2 saturated heterocycles. The zero-order chi connectivity index (χ0) is 30.1. The summed E-state index contributed by atoms with van der Waals surface area (Å²) >= 11 is 0. The quantitative estimate of drug-likeness (QED) is 0.0680. The van der Waals surface area contributed by atoms with Crippen molar-refractivity contribution in [1.82, 2.24) is 39.0 Å². The number of aliphatic hydroxyl groups excluding tert-OH is 4. The van der Waals surface area contributed by atoms with Crippen molar-refractivity contribution in [3.05, 3.63) is 25.3 Å². The molecule has 9 N–H and O–H groups in total. The highest BCUT2D eigenvalue weighted by Gasteiger charge is 2.48. The van der Waals surface area contributed by atoms with Crippen molar-refractivity contribution in [3.8, 4) is 0 Å². The largest absolute Gasteiger partial charge is 0.394 e. The number of halogens is 2. The van der Waals surface area contributed by atoms with Crippen molar-refractivity contribution in [3.63, 3.8) is 0 Å². The predicted molar refractivity (Wildman–Crippen MR) is 135 cm³/mol. The van der Waals surface area contributed by atoms with Gasteiger partial charge in [-0.15, -0.1) is 0 Å². The standard InChI is InChI=1S/C10H13FN5O6P.C10H12FN5O3/c11-4-6(18)9(20-10(4)21-22-23(19)3-17)16-2-15-5-7(12)13-1-14-8(5)16;11-5-4(1-17)19-10(7(5)18)16-3-15-6-8(12)13-2-14-9(6)16/h1-2,4,6,9-10,17-19H,3H2,(H2,12,13,14);2-5,7,10,17-18H,1H2,(H2,12,13,14)/t4?,6-,9+,10+,23?;4-,5?,7+,10-/m01/s1. The van der Waals surface area contributed by atoms with E-state index < -0.39 is 70.7 Å². The molecule has 22 heteroatoms. The van der Waals surface area contributed by atoms with Crippen LogP contribution >= 0.6 is 8.38 Å². The number of ether oxygens (including phenoxy) is 2. The van der Waals surface area contributed by atoms with E-state index in [1.54, 1.807) is 0 Å². The molecule has 0 bridgehead atoms. The summed E-state index contributed by atoms with van der Waals surface area (Å²) < 4.78 is 45.3. The van der Waals surface area contributed by atoms with Crippen LogP contribution in [0.2, 0.25) is 0 Å². The van der Waals surface area contributed by atoms with Gasteiger partial charge in [-0.1, -0.05) is 0 Å². The molecule has 0 spiro atoms. The van der Waals surface area contributed by atoms with Crippen molar-refractivity contribution >= 4 is 42.3 Å². The number of alkyl halides is 2. The third-order valence-electron chi connectivity index (χ3n) is 6.29. The molecule has 0 amide bonds. The summed E-state index contributed by atoms with van der Waals surface area (Å²) in [5.74, 6) is 0.315. The van der Waals surface area contributed by atoms with Crippen LogP contribution in [0, 0.1) is 0 Å². The maximum Gasteiger partial charge on any atom is 0.232 e. The van der Waals surface area contributed by atoms with Gasteiger partial charge in [0, 0.05) is 0 Å². The maximum absolute atomic E-state index is 14.0. The van der Waals surface area contributed by atoms with Crippen molar-refractivity contribution in [1.29, 1.82) is 0 Å². The number of imidazole rings is 2. The van der Waals surface area contributed by atoms with E-state index in [0.717, 1.165) is 0 Å². The Bertz CT molecular complexity index is 1520. The molecule has 0 saturated carbocycles. The van der Waals surface area contributed by atoms with Crippen LogP contribution in [-0.4, -0.2) is 114 Å². The molecule has 0 radical (unpaired) electrons. The lowest BCUT2D eigenvalue weighted by atomic mass is 10.1. The molecular weight excluding hydrogens is 593 g/mol. The topological polar surface area (TPSA) is 277 Å². The summed E-state index contributed by atoms with van der Waals surface area (Å²) in [6.45, 7) is -0.515. The van der Waals surface area contributed by atoms with Gasteiger partial charge in [0.15, 0.2) is 47.7 Å². The number of aromatic nitrogens is 8. The van der Waals surface area contributed by atoms with Crippen LogP contribution in [0.5, 0.6) is 0 Å². The third-order valence-corrected chi connectivity index (χ3v) is 6.79. The summed E-state index contributed by atoms with van der Waals surface area (Å²) in [6, 6.07) is 0. The van der Waals surface area contributed by atoms with E-state index >= 15 is 0 Å². The highest BCUT2D eigenvalue weighted by molar-refractivity contribution is 7.45. The molecule has 0 aliphatic carbocycles. The van der Waals surface area contributed by atoms with Gasteiger partial charge in [-0.05, 0) is 0 Å². The number of nitrogen functional groups attached to an aromatic ring is 2. The van der Waals surface area contributed by atoms with Crippen LogP contribution in [0.4, 0.5) is 20.4 Å². The molecule has 228 valence electrons. The fourth-order valence-electron chi connectivity index (χ4n) is 4.23. The number of nitrogens with zero attached hydrogens (tertiary/aromatic N) is 8. The van der Waals surface area contributed by atoms with Crippen molar-refractivity contribution in [2.24, 2.45) is 0 Å². The van der Waals surface area contributed by atoms with Crippen LogP contribution in [0.1, 0.15) is 12.5 Å². The minimum absolute atomic E-state index is 0.128. The normalized spacial score (nSPS) is 30.1. The van der Waals surface area contributed by atoms with Crippen LogP contribution in [0.3, 0.4) is 0 Å². The third kappa shape index (κ3) is 5.54. The highest BCUT2D eigenvalue weighted by atomic mass is 31.2. The fourth-order valence-corrected chi connectivity index (χ4v) is 4.46. The predicted octanol–water partition coefficient (Wildman–Crippen LogP) is -1.84. The van der Waals surface area contributed by atoms with E-state index in [4.69, 9.17) is 36.0 Å². The second kappa shape index (κ2) is 12.5. The van der Waals surface area contributed by atoms with Gasteiger partial charge in [-0.3, -0.25) is 9.13 Å². The number of hydrogen-bond donors (Lipinski definition) is 7. The molecule has 4 aromatic heterocycles. The lowest BCUT2D eigenvalue weighted by molar-refractivity contribution is -0.327. The molecule has 0 aromatic carbocycles. The van der Waals surface area contributed by atoms with Gasteiger partial charge >= 0.3 is 0 Å². The van der Waals surface area contributed by atoms with E-state index in [0.29, 0.717) is 11.2 Å². The number of aliphatic hydroxyl groups is 4. The van der Waals surface area contributed by atoms with Gasteiger partial charge in [0.05, 0.1) is 19.3 Å². The first-order valence-electron chi connectivity index (χ1n) is 12.0. The Balaban J connectivity index is 0.000000171. The molecule has 9 atom stereocenters. The Hall–Kier alpha value is -3.37. The van der Waals surface area contributed by atoms with Gasteiger partial charge < -0.3 is 46.3 Å². The molecule has 4 aromatic rings. The molecular formula is C20H25F2N10O9P. The van der Waals surface area contributed by atoms with E-state index in [2.05, 4.69) is 39.5 Å². The number of hydrogen-bond acceptors (Lipinski definition) is 17. The molecule has 2 aliphatic heterocycles. The molecule has 42 heavy (non-hydrogen) atoms. The Labute approximate surface area is 234 Å². The van der Waals surface area contributed by atoms with E-state index in [1.165, 1.54) is 34.4 Å². The van der Waals surface area contributed by atoms with Gasteiger partial charge in [-0.25, -0.2) is 38.7 Å². The summed E-state index contributed by atoms with van der Waals surface area (Å²) in [4.78, 5) is 37.2. The zero-order valence-corrected chi connectivity index (χ0v) is 22.0. The SMILES string of the molecule is Nc1ncnc2c1ncn2[C@@H]1O[C@H](CO)C(F)[C@@H]1O.Nc1ncnc2c1ncn2[C@@H]1O[C@H](OOP(O)CO)C(F)[C@@H]1O. The smallest absolute Gasteiger partial charge is 0.232 e. The van der Waals surface area contributed by atoms with Gasteiger partial charge in [0.2, 0.25) is 14.7 Å². The van der Waals surface area contributed by atoms with Gasteiger partial charge in [0.25, 0.3) is 0 Å². The summed E-state index contributed by atoms with van der Waals surface area (Å²) in [6.07, 6.45) is -7.16. The minimum atomic E-state index is -2.27. The Morgan fingerprint density at radius 3 is 1.86 bits per heavy atom. The first-order chi connectivity index (χ1) is 20.2. The van der Waals surface area contributed by atoms with Crippen LogP contribution in [-0.2, 0) is 19.0 Å². The van der Waals surface area contributed by atoms with E-state index in [-0.39, 0.29) is 22.8 Å². The lowest BCUT2D eigenvalue weighted by Gasteiger charge is -2.16. The average molecular weight is 618 g/mol. The Morgan fingerprint density at radius 1 is 0.833 bits per heavy atom. The first kappa shape index (κ1) is 30.1. The zero-order valence-electron chi connectivity index (χ0n) is 21.1. The van der Waals surface area contributed by atoms with Gasteiger partial charge in [0.1, 0.15) is 48.3 Å². The number of fused-ring (bicyclic) bond motifs is 2. The molecule has 3 unspecified atom stereocenters. The van der Waals surface area contributed by atoms with Crippen molar-refractivity contribution in [2.45, 2.75) is 49.4 Å². The summed E-state index contributed by atoms with van der Waals surface area (Å²) in [5.41, 5.74) is 12.5. The molecule has 2 aliphatic rings. The van der Waals surface area contributed by atoms with Crippen LogP contribution < -0.4 is 11.5 Å². The number of nitrogens with two attached hydrogens (primary N) is 2. The summed E-state index contributed by atoms with van der Waals surface area (Å²) in [7, 11) is -2.27. The first-order valence-corrected chi connectivity index (χ1v) is 13.4. The number of rotatable bonds is 7. The van der Waals surface area contributed by atoms with E-state index in [9.17, 15) is 19.0 Å². The second-order valence-electron chi connectivity index (χ2n) is 8.84. The van der Waals surface area contributed by atoms with Crippen molar-refractivity contribution < 1.29 is 53.1 Å². The lowest BCUT2D eigenvalue weighted by Crippen LogP contribution is -2.29. The molecule has 6 heterocycles. The van der Waals surface area contributed by atoms with E-state index in [1.807, 2.05) is 0 Å². The molecule has 2 fully saturated rings. The highest BCUT2D eigenvalue weighted by Crippen LogP contribution is 2.37. The van der Waals surface area contributed by atoms with Gasteiger partial charge in [-0.2, -0.15) is 9.56 Å². The Kier molecular flexibility index (Phi) is 8.94.